The van der Waals surface area contributed by atoms with Gasteiger partial charge in [0.25, 0.3) is 0 Å². The first-order valence-electron chi connectivity index (χ1n) is 22.6. The van der Waals surface area contributed by atoms with Gasteiger partial charge in [-0.2, -0.15) is 0 Å². The molecule has 0 aliphatic carbocycles. The summed E-state index contributed by atoms with van der Waals surface area (Å²) < 4.78 is 1.97. The van der Waals surface area contributed by atoms with E-state index in [1.165, 1.54) is 141 Å². The van der Waals surface area contributed by atoms with E-state index >= 15 is 0 Å². The molecule has 4 rings (SSSR count). The first-order chi connectivity index (χ1) is 26.3. The number of benzene rings is 2. The van der Waals surface area contributed by atoms with Crippen molar-refractivity contribution in [2.75, 3.05) is 22.9 Å². The minimum absolute atomic E-state index is 0.113. The average molecular weight is 871 g/mol. The van der Waals surface area contributed by atoms with E-state index in [0.717, 1.165) is 57.4 Å². The molecule has 4 atom stereocenters. The number of rotatable bonds is 29. The van der Waals surface area contributed by atoms with Crippen molar-refractivity contribution in [3.8, 4) is 0 Å². The molecule has 2 aromatic rings. The molecular formula is C48H74Br2N2O2. The van der Waals surface area contributed by atoms with Crippen LogP contribution < -0.4 is 9.80 Å². The molecule has 6 heteroatoms. The number of hydrogen-bond acceptors (Lipinski definition) is 2. The summed E-state index contributed by atoms with van der Waals surface area (Å²) >= 11 is 7.49. The van der Waals surface area contributed by atoms with Crippen molar-refractivity contribution < 1.29 is 9.59 Å². The third-order valence-electron chi connectivity index (χ3n) is 12.4. The van der Waals surface area contributed by atoms with Gasteiger partial charge in [0.2, 0.25) is 11.8 Å². The third kappa shape index (κ3) is 13.2. The number of carbonyl (C=O) groups is 2. The van der Waals surface area contributed by atoms with Gasteiger partial charge >= 0.3 is 0 Å². The Balaban J connectivity index is 1.58. The summed E-state index contributed by atoms with van der Waals surface area (Å²) in [6.07, 6.45) is 30.2. The van der Waals surface area contributed by atoms with Gasteiger partial charge in [0.1, 0.15) is 0 Å². The van der Waals surface area contributed by atoms with Crippen LogP contribution in [0.4, 0.5) is 11.4 Å². The second-order valence-electron chi connectivity index (χ2n) is 16.8. The highest BCUT2D eigenvalue weighted by atomic mass is 79.9. The maximum atomic E-state index is 15.0. The number of unbranched alkanes of at least 4 members (excludes halogenated alkanes) is 16. The predicted molar refractivity (Wildman–Crippen MR) is 239 cm³/mol. The van der Waals surface area contributed by atoms with Crippen molar-refractivity contribution in [3.05, 3.63) is 56.5 Å². The molecule has 54 heavy (non-hydrogen) atoms. The maximum absolute atomic E-state index is 15.0. The van der Waals surface area contributed by atoms with Crippen molar-refractivity contribution >= 4 is 55.0 Å². The normalized spacial score (nSPS) is 17.7. The topological polar surface area (TPSA) is 40.6 Å². The fraction of sp³-hybridized carbons (Fsp3) is 0.708. The molecule has 2 aliphatic rings. The monoisotopic (exact) mass is 868 g/mol. The molecule has 2 aromatic carbocycles. The lowest BCUT2D eigenvalue weighted by molar-refractivity contribution is -0.125. The Kier molecular flexibility index (Phi) is 20.7. The van der Waals surface area contributed by atoms with Gasteiger partial charge in [0, 0.05) is 33.4 Å². The van der Waals surface area contributed by atoms with Gasteiger partial charge in [0.05, 0.1) is 11.8 Å². The number of nitrogens with zero attached hydrogens (tertiary/aromatic N) is 2. The van der Waals surface area contributed by atoms with Crippen molar-refractivity contribution in [2.45, 2.75) is 194 Å². The summed E-state index contributed by atoms with van der Waals surface area (Å²) in [6.45, 7) is 10.6. The van der Waals surface area contributed by atoms with E-state index in [1.807, 2.05) is 0 Å². The van der Waals surface area contributed by atoms with E-state index in [9.17, 15) is 9.59 Å². The molecule has 2 aliphatic heterocycles. The Morgan fingerprint density at radius 1 is 0.463 bits per heavy atom. The molecule has 0 fully saturated rings. The van der Waals surface area contributed by atoms with E-state index in [-0.39, 0.29) is 11.8 Å². The summed E-state index contributed by atoms with van der Waals surface area (Å²) in [5.41, 5.74) is 4.04. The highest BCUT2D eigenvalue weighted by molar-refractivity contribution is 9.10. The van der Waals surface area contributed by atoms with Gasteiger partial charge in [-0.15, -0.1) is 0 Å². The van der Waals surface area contributed by atoms with Crippen molar-refractivity contribution in [2.24, 2.45) is 11.8 Å². The summed E-state index contributed by atoms with van der Waals surface area (Å²) in [7, 11) is 0. The van der Waals surface area contributed by atoms with Crippen molar-refractivity contribution in [1.82, 2.24) is 0 Å². The molecule has 0 radical (unpaired) electrons. The lowest BCUT2D eigenvalue weighted by Crippen LogP contribution is -2.39. The fourth-order valence-corrected chi connectivity index (χ4v) is 9.90. The molecule has 302 valence electrons. The summed E-state index contributed by atoms with van der Waals surface area (Å²) in [6, 6.07) is 12.6. The first kappa shape index (κ1) is 45.0. The van der Waals surface area contributed by atoms with E-state index in [4.69, 9.17) is 0 Å². The molecule has 0 saturated carbocycles. The van der Waals surface area contributed by atoms with Crippen LogP contribution in [0.3, 0.4) is 0 Å². The van der Waals surface area contributed by atoms with Gasteiger partial charge in [-0.3, -0.25) is 9.59 Å². The van der Waals surface area contributed by atoms with Crippen LogP contribution in [0.1, 0.15) is 205 Å². The Morgan fingerprint density at radius 2 is 0.759 bits per heavy atom. The van der Waals surface area contributed by atoms with Crippen LogP contribution in [0.25, 0.3) is 0 Å². The summed E-state index contributed by atoms with van der Waals surface area (Å²) in [5.74, 6) is 0.168. The molecule has 4 nitrogen and oxygen atoms in total. The zero-order valence-corrected chi connectivity index (χ0v) is 37.8. The minimum atomic E-state index is -0.498. The lowest BCUT2D eigenvalue weighted by atomic mass is 9.83. The van der Waals surface area contributed by atoms with Crippen LogP contribution in [-0.4, -0.2) is 24.9 Å². The lowest BCUT2D eigenvalue weighted by Gasteiger charge is -2.27. The molecule has 0 aromatic heterocycles. The molecular weight excluding hydrogens is 796 g/mol. The number of amides is 2. The third-order valence-corrected chi connectivity index (χ3v) is 13.4. The molecule has 2 amide bonds. The minimum Gasteiger partial charge on any atom is -0.311 e. The number of hydrogen-bond donors (Lipinski definition) is 0. The Hall–Kier alpha value is -1.66. The van der Waals surface area contributed by atoms with Crippen LogP contribution >= 0.6 is 31.9 Å². The number of fused-ring (bicyclic) bond motifs is 2. The standard InChI is InChI=1S/C48H74Br2N2O2/c1-5-9-13-17-19-23-27-37(25-21-15-11-7-3)35-51-43-33-39(49)29-31-41(43)45(47(51)53)46-42-32-30-40(50)34-44(42)52(48(46)54)36-38(26-22-16-12-8-4)28-24-20-18-14-10-6-2/h29-34,37-38,45-46H,5-28,35-36H2,1-4H3. The highest BCUT2D eigenvalue weighted by Crippen LogP contribution is 2.52. The molecule has 2 heterocycles. The first-order valence-corrected chi connectivity index (χ1v) is 24.1. The van der Waals surface area contributed by atoms with Gasteiger partial charge in [-0.25, -0.2) is 0 Å². The maximum Gasteiger partial charge on any atom is 0.235 e. The molecule has 4 unspecified atom stereocenters. The number of carbonyl (C=O) groups excluding carboxylic acids is 2. The highest BCUT2D eigenvalue weighted by Gasteiger charge is 2.51. The van der Waals surface area contributed by atoms with Crippen LogP contribution in [0.5, 0.6) is 0 Å². The Bertz CT molecular complexity index is 1310. The van der Waals surface area contributed by atoms with Crippen LogP contribution in [0.2, 0.25) is 0 Å². The smallest absolute Gasteiger partial charge is 0.235 e. The largest absolute Gasteiger partial charge is 0.311 e. The van der Waals surface area contributed by atoms with Gasteiger partial charge < -0.3 is 9.80 Å². The van der Waals surface area contributed by atoms with Gasteiger partial charge in [-0.05, 0) is 72.9 Å². The van der Waals surface area contributed by atoms with Crippen LogP contribution in [0.15, 0.2) is 45.3 Å². The molecule has 0 bridgehead atoms. The van der Waals surface area contributed by atoms with E-state index in [0.29, 0.717) is 11.8 Å². The van der Waals surface area contributed by atoms with Crippen molar-refractivity contribution in [3.63, 3.8) is 0 Å². The van der Waals surface area contributed by atoms with E-state index < -0.39 is 11.8 Å². The second-order valence-corrected chi connectivity index (χ2v) is 18.6. The van der Waals surface area contributed by atoms with Gasteiger partial charge in [-0.1, -0.05) is 200 Å². The SMILES string of the molecule is CCCCCCCCC(CCCCCC)CN1C(=O)C(C2C(=O)N(CC(CCCCCC)CCCCCCCC)c3cc(Br)ccc32)c2ccc(Br)cc21. The van der Waals surface area contributed by atoms with E-state index in [1.54, 1.807) is 0 Å². The molecule has 0 spiro atoms. The van der Waals surface area contributed by atoms with E-state index in [2.05, 4.69) is 106 Å². The second kappa shape index (κ2) is 24.9. The average Bonchev–Trinajstić information content (AvgIpc) is 3.57. The van der Waals surface area contributed by atoms with Crippen molar-refractivity contribution in [1.29, 1.82) is 0 Å². The number of halogens is 2. The van der Waals surface area contributed by atoms with Crippen LogP contribution in [0, 0.1) is 11.8 Å². The number of anilines is 2. The van der Waals surface area contributed by atoms with Crippen LogP contribution in [-0.2, 0) is 9.59 Å². The zero-order valence-electron chi connectivity index (χ0n) is 34.6. The summed E-state index contributed by atoms with van der Waals surface area (Å²) in [5, 5.41) is 0. The Labute approximate surface area is 347 Å². The quantitative estimate of drug-likeness (QED) is 0.0764. The Morgan fingerprint density at radius 3 is 1.09 bits per heavy atom. The zero-order chi connectivity index (χ0) is 38.7. The molecule has 0 N–H and O–H groups in total. The summed E-state index contributed by atoms with van der Waals surface area (Å²) in [4.78, 5) is 34.1. The fourth-order valence-electron chi connectivity index (χ4n) is 9.20. The molecule has 0 saturated heterocycles. The van der Waals surface area contributed by atoms with Gasteiger partial charge in [0.15, 0.2) is 0 Å². The predicted octanol–water partition coefficient (Wildman–Crippen LogP) is 15.4.